The van der Waals surface area contributed by atoms with Crippen LogP contribution in [0.5, 0.6) is 0 Å². The van der Waals surface area contributed by atoms with Gasteiger partial charge < -0.3 is 10.6 Å². The highest BCUT2D eigenvalue weighted by atomic mass is 15.2. The lowest BCUT2D eigenvalue weighted by atomic mass is 10.2. The Hall–Kier alpha value is -2.01. The van der Waals surface area contributed by atoms with Gasteiger partial charge in [-0.1, -0.05) is 6.07 Å². The predicted molar refractivity (Wildman–Crippen MR) is 76.0 cm³/mol. The molecule has 0 radical (unpaired) electrons. The third kappa shape index (κ3) is 3.99. The van der Waals surface area contributed by atoms with Crippen LogP contribution in [-0.2, 0) is 12.8 Å². The summed E-state index contributed by atoms with van der Waals surface area (Å²) in [7, 11) is 2.03. The molecule has 2 heterocycles. The van der Waals surface area contributed by atoms with Crippen molar-refractivity contribution in [3.05, 3.63) is 48.2 Å². The number of nitrogens with zero attached hydrogens (tertiary/aromatic N) is 4. The van der Waals surface area contributed by atoms with Crippen molar-refractivity contribution in [2.45, 2.75) is 12.8 Å². The zero-order valence-corrected chi connectivity index (χ0v) is 11.2. The minimum atomic E-state index is 0.572. The molecule has 0 aliphatic carbocycles. The van der Waals surface area contributed by atoms with Gasteiger partial charge in [0.2, 0.25) is 0 Å². The van der Waals surface area contributed by atoms with Gasteiger partial charge in [-0.3, -0.25) is 4.98 Å². The number of hydrogen-bond donors (Lipinski definition) is 1. The molecule has 2 N–H and O–H groups in total. The molecule has 0 unspecified atom stereocenters. The van der Waals surface area contributed by atoms with Crippen molar-refractivity contribution >= 4 is 5.82 Å². The minimum absolute atomic E-state index is 0.572. The number of nitrogens with two attached hydrogens (primary N) is 1. The first-order chi connectivity index (χ1) is 9.29. The van der Waals surface area contributed by atoms with Crippen LogP contribution < -0.4 is 10.6 Å². The van der Waals surface area contributed by atoms with Crippen molar-refractivity contribution in [1.82, 2.24) is 15.0 Å². The maximum absolute atomic E-state index is 5.52. The second-order valence-corrected chi connectivity index (χ2v) is 4.40. The molecular formula is C14H19N5. The number of rotatable bonds is 6. The third-order valence-corrected chi connectivity index (χ3v) is 2.91. The first-order valence-electron chi connectivity index (χ1n) is 6.41. The maximum Gasteiger partial charge on any atom is 0.131 e. The molecule has 0 aromatic carbocycles. The van der Waals surface area contributed by atoms with Crippen LogP contribution in [-0.4, -0.2) is 35.1 Å². The molecule has 5 nitrogen and oxygen atoms in total. The molecule has 0 saturated heterocycles. The van der Waals surface area contributed by atoms with Gasteiger partial charge >= 0.3 is 0 Å². The number of anilines is 1. The lowest BCUT2D eigenvalue weighted by Gasteiger charge is -2.18. The van der Waals surface area contributed by atoms with Crippen molar-refractivity contribution in [1.29, 1.82) is 0 Å². The normalized spacial score (nSPS) is 10.4. The Kier molecular flexibility index (Phi) is 4.80. The van der Waals surface area contributed by atoms with E-state index in [0.29, 0.717) is 13.0 Å². The molecule has 100 valence electrons. The summed E-state index contributed by atoms with van der Waals surface area (Å²) in [5.41, 5.74) is 6.75. The van der Waals surface area contributed by atoms with E-state index in [1.807, 2.05) is 25.4 Å². The Balaban J connectivity index is 1.95. The highest BCUT2D eigenvalue weighted by Gasteiger charge is 2.04. The van der Waals surface area contributed by atoms with Crippen molar-refractivity contribution in [3.63, 3.8) is 0 Å². The smallest absolute Gasteiger partial charge is 0.131 e. The van der Waals surface area contributed by atoms with Crippen LogP contribution in [0.25, 0.3) is 0 Å². The van der Waals surface area contributed by atoms with Gasteiger partial charge in [0.25, 0.3) is 0 Å². The molecule has 2 aromatic rings. The SMILES string of the molecule is CN(CCc1cccnc1)c1ccnc(CCN)n1. The summed E-state index contributed by atoms with van der Waals surface area (Å²) in [5.74, 6) is 1.73. The van der Waals surface area contributed by atoms with Gasteiger partial charge in [-0.15, -0.1) is 0 Å². The predicted octanol–water partition coefficient (Wildman–Crippen LogP) is 1.05. The number of likely N-dealkylation sites (N-methyl/N-ethyl adjacent to an activating group) is 1. The summed E-state index contributed by atoms with van der Waals surface area (Å²) < 4.78 is 0. The molecule has 0 aliphatic heterocycles. The van der Waals surface area contributed by atoms with E-state index in [1.165, 1.54) is 5.56 Å². The molecule has 0 bridgehead atoms. The Morgan fingerprint density at radius 3 is 2.84 bits per heavy atom. The molecule has 0 atom stereocenters. The summed E-state index contributed by atoms with van der Waals surface area (Å²) in [6, 6.07) is 5.96. The summed E-state index contributed by atoms with van der Waals surface area (Å²) in [6.45, 7) is 1.47. The monoisotopic (exact) mass is 257 g/mol. The standard InChI is InChI=1S/C14H19N5/c1-19(10-6-12-3-2-8-16-11-12)14-5-9-17-13(18-14)4-7-15/h2-3,5,8-9,11H,4,6-7,10,15H2,1H3. The van der Waals surface area contributed by atoms with Gasteiger partial charge in [0.05, 0.1) is 0 Å². The summed E-state index contributed by atoms with van der Waals surface area (Å²) in [6.07, 6.45) is 7.13. The van der Waals surface area contributed by atoms with E-state index in [4.69, 9.17) is 5.73 Å². The van der Waals surface area contributed by atoms with Crippen molar-refractivity contribution in [2.24, 2.45) is 5.73 Å². The Morgan fingerprint density at radius 2 is 2.11 bits per heavy atom. The van der Waals surface area contributed by atoms with Gasteiger partial charge in [0, 0.05) is 38.6 Å². The molecule has 0 saturated carbocycles. The summed E-state index contributed by atoms with van der Waals surface area (Å²) >= 11 is 0. The fraction of sp³-hybridized carbons (Fsp3) is 0.357. The van der Waals surface area contributed by atoms with Gasteiger partial charge in [-0.2, -0.15) is 0 Å². The van der Waals surface area contributed by atoms with Gasteiger partial charge in [-0.05, 0) is 30.7 Å². The van der Waals surface area contributed by atoms with Gasteiger partial charge in [0.1, 0.15) is 11.6 Å². The van der Waals surface area contributed by atoms with E-state index < -0.39 is 0 Å². The van der Waals surface area contributed by atoms with Crippen LogP contribution in [0.3, 0.4) is 0 Å². The first kappa shape index (κ1) is 13.4. The van der Waals surface area contributed by atoms with E-state index in [-0.39, 0.29) is 0 Å². The Morgan fingerprint density at radius 1 is 1.21 bits per heavy atom. The largest absolute Gasteiger partial charge is 0.359 e. The van der Waals surface area contributed by atoms with Crippen molar-refractivity contribution < 1.29 is 0 Å². The highest BCUT2D eigenvalue weighted by Crippen LogP contribution is 2.09. The van der Waals surface area contributed by atoms with Crippen LogP contribution in [0.4, 0.5) is 5.82 Å². The number of aromatic nitrogens is 3. The molecular weight excluding hydrogens is 238 g/mol. The lowest BCUT2D eigenvalue weighted by molar-refractivity contribution is 0.819. The zero-order chi connectivity index (χ0) is 13.5. The van der Waals surface area contributed by atoms with Crippen molar-refractivity contribution in [3.8, 4) is 0 Å². The molecule has 5 heteroatoms. The van der Waals surface area contributed by atoms with Crippen LogP contribution in [0, 0.1) is 0 Å². The van der Waals surface area contributed by atoms with E-state index in [9.17, 15) is 0 Å². The fourth-order valence-electron chi connectivity index (χ4n) is 1.81. The molecule has 2 rings (SSSR count). The van der Waals surface area contributed by atoms with Crippen LogP contribution in [0.2, 0.25) is 0 Å². The molecule has 19 heavy (non-hydrogen) atoms. The Labute approximate surface area is 113 Å². The second kappa shape index (κ2) is 6.80. The highest BCUT2D eigenvalue weighted by molar-refractivity contribution is 5.36. The van der Waals surface area contributed by atoms with E-state index in [2.05, 4.69) is 25.9 Å². The summed E-state index contributed by atoms with van der Waals surface area (Å²) in [5, 5.41) is 0. The third-order valence-electron chi connectivity index (χ3n) is 2.91. The zero-order valence-electron chi connectivity index (χ0n) is 11.2. The molecule has 0 fully saturated rings. The van der Waals surface area contributed by atoms with Crippen LogP contribution >= 0.6 is 0 Å². The number of pyridine rings is 1. The fourth-order valence-corrected chi connectivity index (χ4v) is 1.81. The molecule has 0 spiro atoms. The minimum Gasteiger partial charge on any atom is -0.359 e. The second-order valence-electron chi connectivity index (χ2n) is 4.40. The van der Waals surface area contributed by atoms with Gasteiger partial charge in [-0.25, -0.2) is 9.97 Å². The molecule has 0 amide bonds. The van der Waals surface area contributed by atoms with Gasteiger partial charge in [0.15, 0.2) is 0 Å². The quantitative estimate of drug-likeness (QED) is 0.838. The van der Waals surface area contributed by atoms with E-state index in [1.54, 1.807) is 12.4 Å². The maximum atomic E-state index is 5.52. The Bertz CT molecular complexity index is 500. The van der Waals surface area contributed by atoms with Crippen LogP contribution in [0.1, 0.15) is 11.4 Å². The van der Waals surface area contributed by atoms with E-state index >= 15 is 0 Å². The lowest BCUT2D eigenvalue weighted by Crippen LogP contribution is -2.22. The van der Waals surface area contributed by atoms with Crippen LogP contribution in [0.15, 0.2) is 36.8 Å². The number of hydrogen-bond acceptors (Lipinski definition) is 5. The topological polar surface area (TPSA) is 67.9 Å². The molecule has 0 aliphatic rings. The average Bonchev–Trinajstić information content (AvgIpc) is 2.46. The van der Waals surface area contributed by atoms with Crippen molar-refractivity contribution in [2.75, 3.05) is 25.0 Å². The van der Waals surface area contributed by atoms with E-state index in [0.717, 1.165) is 24.6 Å². The summed E-state index contributed by atoms with van der Waals surface area (Å²) in [4.78, 5) is 14.9. The average molecular weight is 257 g/mol. The first-order valence-corrected chi connectivity index (χ1v) is 6.41. The molecule has 2 aromatic heterocycles.